The van der Waals surface area contributed by atoms with Gasteiger partial charge in [0.1, 0.15) is 6.23 Å². The van der Waals surface area contributed by atoms with E-state index in [0.29, 0.717) is 6.23 Å². The van der Waals surface area contributed by atoms with Crippen LogP contribution in [0, 0.1) is 0 Å². The number of aryl methyl sites for hydroxylation is 1. The highest BCUT2D eigenvalue weighted by Crippen LogP contribution is 2.12. The first-order chi connectivity index (χ1) is 10.7. The summed E-state index contributed by atoms with van der Waals surface area (Å²) >= 11 is 0. The second kappa shape index (κ2) is 11.2. The van der Waals surface area contributed by atoms with E-state index in [4.69, 9.17) is 20.4 Å². The predicted molar refractivity (Wildman–Crippen MR) is 87.8 cm³/mol. The van der Waals surface area contributed by atoms with Gasteiger partial charge in [-0.05, 0) is 50.2 Å². The summed E-state index contributed by atoms with van der Waals surface area (Å²) in [5.41, 5.74) is 8.56. The minimum Gasteiger partial charge on any atom is -0.483 e. The normalized spacial score (nSPS) is 18.4. The van der Waals surface area contributed by atoms with Crippen LogP contribution in [0.1, 0.15) is 37.3 Å². The number of benzene rings is 1. The second-order valence-corrected chi connectivity index (χ2v) is 5.66. The van der Waals surface area contributed by atoms with Gasteiger partial charge in [-0.25, -0.2) is 0 Å². The van der Waals surface area contributed by atoms with Crippen LogP contribution in [-0.2, 0) is 22.4 Å². The van der Waals surface area contributed by atoms with Crippen molar-refractivity contribution in [3.63, 3.8) is 0 Å². The molecule has 4 N–H and O–H groups in total. The topological polar surface area (TPSA) is 84.6 Å². The molecule has 2 atom stereocenters. The Labute approximate surface area is 132 Å². The molecule has 0 spiro atoms. The fourth-order valence-electron chi connectivity index (χ4n) is 2.54. The Kier molecular flexibility index (Phi) is 9.46. The Morgan fingerprint density at radius 2 is 2.00 bits per heavy atom. The van der Waals surface area contributed by atoms with Gasteiger partial charge >= 0.3 is 0 Å². The number of hydrogen-bond donors (Lipinski definition) is 3. The van der Waals surface area contributed by atoms with Crippen molar-refractivity contribution in [2.24, 2.45) is 5.73 Å². The maximum Gasteiger partial charge on any atom is 0.290 e. The van der Waals surface area contributed by atoms with Gasteiger partial charge in [0, 0.05) is 12.6 Å². The van der Waals surface area contributed by atoms with Gasteiger partial charge < -0.3 is 15.6 Å². The van der Waals surface area contributed by atoms with Crippen LogP contribution in [0.3, 0.4) is 0 Å². The number of nitrogens with one attached hydrogen (secondary N) is 1. The number of carboxylic acid groups (broad SMARTS) is 1. The van der Waals surface area contributed by atoms with Crippen LogP contribution in [0.2, 0.25) is 0 Å². The Balaban J connectivity index is 0.000000745. The summed E-state index contributed by atoms with van der Waals surface area (Å²) in [6.45, 7) is 3.67. The Hall–Kier alpha value is -1.43. The number of ether oxygens (including phenoxy) is 1. The van der Waals surface area contributed by atoms with E-state index in [-0.39, 0.29) is 12.5 Å². The summed E-state index contributed by atoms with van der Waals surface area (Å²) in [5, 5.41) is 10.2. The summed E-state index contributed by atoms with van der Waals surface area (Å²) in [7, 11) is 0. The first-order valence-corrected chi connectivity index (χ1v) is 7.92. The fourth-order valence-corrected chi connectivity index (χ4v) is 2.54. The lowest BCUT2D eigenvalue weighted by atomic mass is 10.0. The van der Waals surface area contributed by atoms with Crippen molar-refractivity contribution in [3.05, 3.63) is 35.4 Å². The van der Waals surface area contributed by atoms with E-state index < -0.39 is 0 Å². The number of hydrogen-bond acceptors (Lipinski definition) is 4. The molecule has 1 aromatic carbocycles. The molecular formula is C17H28N2O3. The van der Waals surface area contributed by atoms with Gasteiger partial charge in [-0.3, -0.25) is 10.1 Å². The van der Waals surface area contributed by atoms with Crippen LogP contribution in [0.5, 0.6) is 0 Å². The van der Waals surface area contributed by atoms with Crippen LogP contribution >= 0.6 is 0 Å². The Morgan fingerprint density at radius 1 is 1.36 bits per heavy atom. The number of carbonyl (C=O) groups is 1. The zero-order valence-corrected chi connectivity index (χ0v) is 13.3. The lowest BCUT2D eigenvalue weighted by Crippen LogP contribution is -2.22. The van der Waals surface area contributed by atoms with E-state index in [0.717, 1.165) is 32.4 Å². The lowest BCUT2D eigenvalue weighted by Gasteiger charge is -2.09. The molecule has 0 amide bonds. The van der Waals surface area contributed by atoms with E-state index in [1.54, 1.807) is 0 Å². The fraction of sp³-hybridized carbons (Fsp3) is 0.588. The third-order valence-corrected chi connectivity index (χ3v) is 3.56. The van der Waals surface area contributed by atoms with E-state index in [9.17, 15) is 0 Å². The van der Waals surface area contributed by atoms with Crippen LogP contribution in [0.15, 0.2) is 24.3 Å². The molecule has 1 fully saturated rings. The molecule has 0 radical (unpaired) electrons. The molecule has 1 aromatic rings. The molecule has 0 bridgehead atoms. The minimum absolute atomic E-state index is 0.241. The van der Waals surface area contributed by atoms with Crippen molar-refractivity contribution < 1.29 is 14.6 Å². The van der Waals surface area contributed by atoms with E-state index in [1.165, 1.54) is 24.0 Å². The molecular weight excluding hydrogens is 280 g/mol. The summed E-state index contributed by atoms with van der Waals surface area (Å²) in [5.74, 6) is 0. The average Bonchev–Trinajstić information content (AvgIpc) is 2.99. The molecule has 2 unspecified atom stereocenters. The molecule has 0 aliphatic carbocycles. The van der Waals surface area contributed by atoms with E-state index >= 15 is 0 Å². The molecule has 1 heterocycles. The van der Waals surface area contributed by atoms with Crippen molar-refractivity contribution in [1.29, 1.82) is 0 Å². The van der Waals surface area contributed by atoms with Gasteiger partial charge in [-0.2, -0.15) is 0 Å². The van der Waals surface area contributed by atoms with Gasteiger partial charge in [0.15, 0.2) is 0 Å². The molecule has 2 rings (SSSR count). The molecule has 0 aromatic heterocycles. The third kappa shape index (κ3) is 8.12. The number of rotatable bonds is 7. The SMILES string of the molecule is CC(N)Cc1ccc(CCCCC2NCCO2)cc1.O=CO. The van der Waals surface area contributed by atoms with Crippen molar-refractivity contribution in [1.82, 2.24) is 5.32 Å². The summed E-state index contributed by atoms with van der Waals surface area (Å²) in [6, 6.07) is 9.13. The summed E-state index contributed by atoms with van der Waals surface area (Å²) in [6.07, 6.45) is 6.00. The first-order valence-electron chi connectivity index (χ1n) is 7.92. The molecule has 0 saturated carbocycles. The lowest BCUT2D eigenvalue weighted by molar-refractivity contribution is -0.122. The smallest absolute Gasteiger partial charge is 0.290 e. The Morgan fingerprint density at radius 3 is 2.55 bits per heavy atom. The number of nitrogens with two attached hydrogens (primary N) is 1. The Bertz CT molecular complexity index is 401. The van der Waals surface area contributed by atoms with E-state index in [1.807, 2.05) is 6.92 Å². The quantitative estimate of drug-likeness (QED) is 0.529. The first kappa shape index (κ1) is 18.6. The second-order valence-electron chi connectivity index (χ2n) is 5.66. The minimum atomic E-state index is -0.250. The van der Waals surface area contributed by atoms with Crippen molar-refractivity contribution in [2.45, 2.75) is 51.3 Å². The standard InChI is InChI=1S/C16H26N2O.CH2O2/c1-13(17)12-15-8-6-14(7-9-15)4-2-3-5-16-18-10-11-19-16;2-1-3/h6-9,13,16,18H,2-5,10-12,17H2,1H3;1H,(H,2,3). The summed E-state index contributed by atoms with van der Waals surface area (Å²) in [4.78, 5) is 8.36. The zero-order valence-electron chi connectivity index (χ0n) is 13.3. The molecule has 22 heavy (non-hydrogen) atoms. The highest BCUT2D eigenvalue weighted by Gasteiger charge is 2.12. The average molecular weight is 308 g/mol. The number of unbranched alkanes of at least 4 members (excludes halogenated alkanes) is 1. The third-order valence-electron chi connectivity index (χ3n) is 3.56. The van der Waals surface area contributed by atoms with Crippen LogP contribution < -0.4 is 11.1 Å². The van der Waals surface area contributed by atoms with Crippen molar-refractivity contribution >= 4 is 6.47 Å². The molecule has 1 aliphatic rings. The highest BCUT2D eigenvalue weighted by atomic mass is 16.5. The van der Waals surface area contributed by atoms with Crippen molar-refractivity contribution in [3.8, 4) is 0 Å². The maximum absolute atomic E-state index is 8.36. The van der Waals surface area contributed by atoms with Crippen LogP contribution in [-0.4, -0.2) is 37.0 Å². The van der Waals surface area contributed by atoms with Gasteiger partial charge in [-0.15, -0.1) is 0 Å². The molecule has 5 heteroatoms. The molecule has 124 valence electrons. The van der Waals surface area contributed by atoms with Crippen LogP contribution in [0.25, 0.3) is 0 Å². The van der Waals surface area contributed by atoms with Crippen LogP contribution in [0.4, 0.5) is 0 Å². The van der Waals surface area contributed by atoms with E-state index in [2.05, 4.69) is 29.6 Å². The molecule has 5 nitrogen and oxygen atoms in total. The highest BCUT2D eigenvalue weighted by molar-refractivity contribution is 5.32. The monoisotopic (exact) mass is 308 g/mol. The van der Waals surface area contributed by atoms with Gasteiger partial charge in [0.05, 0.1) is 6.61 Å². The maximum atomic E-state index is 8.36. The van der Waals surface area contributed by atoms with Gasteiger partial charge in [-0.1, -0.05) is 24.3 Å². The molecule has 1 aliphatic heterocycles. The largest absolute Gasteiger partial charge is 0.483 e. The zero-order chi connectivity index (χ0) is 16.2. The van der Waals surface area contributed by atoms with Gasteiger partial charge in [0.25, 0.3) is 6.47 Å². The van der Waals surface area contributed by atoms with Crippen molar-refractivity contribution in [2.75, 3.05) is 13.2 Å². The summed E-state index contributed by atoms with van der Waals surface area (Å²) < 4.78 is 5.53. The molecule has 1 saturated heterocycles. The predicted octanol–water partition coefficient (Wildman–Crippen LogP) is 1.94. The van der Waals surface area contributed by atoms with Gasteiger partial charge in [0.2, 0.25) is 0 Å².